The number of fused-ring (bicyclic) bond motifs is 2. The average molecular weight is 499 g/mol. The number of aromatic amines is 1. The van der Waals surface area contributed by atoms with Crippen LogP contribution in [0.2, 0.25) is 0 Å². The number of hydrogen-bond acceptors (Lipinski definition) is 5. The van der Waals surface area contributed by atoms with Gasteiger partial charge in [-0.25, -0.2) is 4.79 Å². The summed E-state index contributed by atoms with van der Waals surface area (Å²) in [6.45, 7) is 4.72. The van der Waals surface area contributed by atoms with Gasteiger partial charge in [0.05, 0.1) is 24.3 Å². The zero-order chi connectivity index (χ0) is 25.5. The number of anilines is 1. The number of benzene rings is 2. The molecule has 2 atom stereocenters. The van der Waals surface area contributed by atoms with Crippen LogP contribution in [-0.2, 0) is 13.0 Å². The van der Waals surface area contributed by atoms with Crippen LogP contribution in [0.3, 0.4) is 0 Å². The van der Waals surface area contributed by atoms with Gasteiger partial charge in [-0.2, -0.15) is 5.10 Å². The molecule has 2 aromatic heterocycles. The highest BCUT2D eigenvalue weighted by molar-refractivity contribution is 6.04. The lowest BCUT2D eigenvalue weighted by Gasteiger charge is -2.42. The van der Waals surface area contributed by atoms with E-state index in [1.54, 1.807) is 6.07 Å². The number of aromatic nitrogens is 2. The number of likely N-dealkylation sites (N-methyl/N-ethyl adjacent to an activating group) is 1. The highest BCUT2D eigenvalue weighted by atomic mass is 16.3. The number of urea groups is 1. The largest absolute Gasteiger partial charge is 0.451 e. The normalized spacial score (nSPS) is 19.8. The SMILES string of the molecule is CC1c2[nH]nc(NC(=O)c3cc4ccccc4o3)c2CN1C(=O)N1CCN(C)CC1Cc1ccccc1. The number of para-hydroxylation sites is 1. The smallest absolute Gasteiger partial charge is 0.321 e. The summed E-state index contributed by atoms with van der Waals surface area (Å²) < 4.78 is 5.70. The topological polar surface area (TPSA) is 97.7 Å². The molecule has 0 radical (unpaired) electrons. The Hall–Kier alpha value is -4.11. The van der Waals surface area contributed by atoms with E-state index < -0.39 is 0 Å². The fraction of sp³-hybridized carbons (Fsp3) is 0.321. The fourth-order valence-corrected chi connectivity index (χ4v) is 5.44. The van der Waals surface area contributed by atoms with Crippen LogP contribution < -0.4 is 5.32 Å². The first-order chi connectivity index (χ1) is 18.0. The number of carbonyl (C=O) groups excluding carboxylic acids is 2. The van der Waals surface area contributed by atoms with E-state index in [-0.39, 0.29) is 29.8 Å². The van der Waals surface area contributed by atoms with Gasteiger partial charge >= 0.3 is 6.03 Å². The minimum atomic E-state index is -0.370. The fourth-order valence-electron chi connectivity index (χ4n) is 5.44. The van der Waals surface area contributed by atoms with Crippen molar-refractivity contribution in [3.8, 4) is 0 Å². The zero-order valence-electron chi connectivity index (χ0n) is 21.0. The van der Waals surface area contributed by atoms with Crippen LogP contribution in [0.1, 0.15) is 40.3 Å². The molecule has 1 fully saturated rings. The summed E-state index contributed by atoms with van der Waals surface area (Å²) >= 11 is 0. The van der Waals surface area contributed by atoms with Crippen molar-refractivity contribution in [2.45, 2.75) is 32.0 Å². The van der Waals surface area contributed by atoms with E-state index in [1.165, 1.54) is 5.56 Å². The van der Waals surface area contributed by atoms with Gasteiger partial charge in [0, 0.05) is 30.6 Å². The summed E-state index contributed by atoms with van der Waals surface area (Å²) in [5, 5.41) is 11.1. The monoisotopic (exact) mass is 498 g/mol. The molecule has 190 valence electrons. The Labute approximate surface area is 215 Å². The van der Waals surface area contributed by atoms with Gasteiger partial charge in [0.2, 0.25) is 0 Å². The molecule has 37 heavy (non-hydrogen) atoms. The molecular formula is C28H30N6O3. The van der Waals surface area contributed by atoms with Crippen LogP contribution in [-0.4, -0.2) is 69.6 Å². The maximum Gasteiger partial charge on any atom is 0.321 e. The quantitative estimate of drug-likeness (QED) is 0.438. The molecule has 0 bridgehead atoms. The molecule has 2 unspecified atom stereocenters. The number of H-pyrrole nitrogens is 1. The Morgan fingerprint density at radius 3 is 2.68 bits per heavy atom. The first-order valence-electron chi connectivity index (χ1n) is 12.6. The molecule has 2 aromatic carbocycles. The van der Waals surface area contributed by atoms with Crippen molar-refractivity contribution in [2.24, 2.45) is 0 Å². The van der Waals surface area contributed by atoms with Gasteiger partial charge in [-0.15, -0.1) is 0 Å². The van der Waals surface area contributed by atoms with E-state index >= 15 is 0 Å². The molecule has 1 saturated heterocycles. The zero-order valence-corrected chi connectivity index (χ0v) is 21.0. The molecule has 6 rings (SSSR count). The van der Waals surface area contributed by atoms with Crippen LogP contribution >= 0.6 is 0 Å². The van der Waals surface area contributed by atoms with Crippen LogP contribution in [0.15, 0.2) is 65.1 Å². The Balaban J connectivity index is 1.18. The Morgan fingerprint density at radius 1 is 1.08 bits per heavy atom. The van der Waals surface area contributed by atoms with Gasteiger partial charge in [-0.3, -0.25) is 9.89 Å². The predicted octanol–water partition coefficient (Wildman–Crippen LogP) is 4.26. The van der Waals surface area contributed by atoms with Crippen LogP contribution in [0.4, 0.5) is 10.6 Å². The molecule has 9 heteroatoms. The molecule has 3 amide bonds. The van der Waals surface area contributed by atoms with Gasteiger partial charge in [0.15, 0.2) is 11.6 Å². The third-order valence-corrected chi connectivity index (χ3v) is 7.49. The predicted molar refractivity (Wildman–Crippen MR) is 140 cm³/mol. The molecule has 2 aliphatic rings. The first-order valence-corrected chi connectivity index (χ1v) is 12.6. The van der Waals surface area contributed by atoms with Crippen molar-refractivity contribution in [3.63, 3.8) is 0 Å². The lowest BCUT2D eigenvalue weighted by atomic mass is 10.0. The van der Waals surface area contributed by atoms with Crippen molar-refractivity contribution >= 4 is 28.7 Å². The number of hydrogen-bond donors (Lipinski definition) is 2. The number of rotatable bonds is 4. The maximum absolute atomic E-state index is 13.8. The van der Waals surface area contributed by atoms with Crippen molar-refractivity contribution < 1.29 is 14.0 Å². The molecule has 0 aliphatic carbocycles. The van der Waals surface area contributed by atoms with E-state index in [1.807, 2.05) is 59.2 Å². The molecule has 4 heterocycles. The second-order valence-electron chi connectivity index (χ2n) is 9.95. The second kappa shape index (κ2) is 9.40. The molecule has 2 aliphatic heterocycles. The van der Waals surface area contributed by atoms with Crippen molar-refractivity contribution in [1.29, 1.82) is 0 Å². The average Bonchev–Trinajstić information content (AvgIpc) is 3.60. The highest BCUT2D eigenvalue weighted by Crippen LogP contribution is 2.37. The van der Waals surface area contributed by atoms with Crippen LogP contribution in [0.5, 0.6) is 0 Å². The van der Waals surface area contributed by atoms with E-state index in [0.29, 0.717) is 24.5 Å². The molecule has 4 aromatic rings. The minimum Gasteiger partial charge on any atom is -0.451 e. The number of furan rings is 1. The lowest BCUT2D eigenvalue weighted by Crippen LogP contribution is -2.57. The standard InChI is InChI=1S/C28H30N6O3/c1-18-25-22(26(31-30-25)29-27(35)24-15-20-10-6-7-11-23(20)37-24)17-34(18)28(36)33-13-12-32(2)16-21(33)14-19-8-4-3-5-9-19/h3-11,15,18,21H,12-14,16-17H2,1-2H3,(H2,29,30,31,35). The summed E-state index contributed by atoms with van der Waals surface area (Å²) in [6, 6.07) is 19.5. The molecular weight excluding hydrogens is 468 g/mol. The Bertz CT molecular complexity index is 1410. The van der Waals surface area contributed by atoms with Gasteiger partial charge in [-0.05, 0) is 38.1 Å². The molecule has 0 saturated carbocycles. The van der Waals surface area contributed by atoms with Gasteiger partial charge in [0.25, 0.3) is 5.91 Å². The van der Waals surface area contributed by atoms with Crippen LogP contribution in [0.25, 0.3) is 11.0 Å². The summed E-state index contributed by atoms with van der Waals surface area (Å²) in [4.78, 5) is 32.9. The Morgan fingerprint density at radius 2 is 1.86 bits per heavy atom. The summed E-state index contributed by atoms with van der Waals surface area (Å²) in [5.41, 5.74) is 3.56. The van der Waals surface area contributed by atoms with Gasteiger partial charge in [-0.1, -0.05) is 48.5 Å². The van der Waals surface area contributed by atoms with E-state index in [2.05, 4.69) is 39.6 Å². The molecule has 9 nitrogen and oxygen atoms in total. The third-order valence-electron chi connectivity index (χ3n) is 7.49. The number of piperazine rings is 1. The highest BCUT2D eigenvalue weighted by Gasteiger charge is 2.40. The van der Waals surface area contributed by atoms with Crippen molar-refractivity contribution in [3.05, 3.63) is 83.2 Å². The molecule has 0 spiro atoms. The summed E-state index contributed by atoms with van der Waals surface area (Å²) in [5.74, 6) is 0.282. The number of carbonyl (C=O) groups is 2. The Kier molecular flexibility index (Phi) is 5.92. The van der Waals surface area contributed by atoms with Crippen LogP contribution in [0, 0.1) is 0 Å². The third kappa shape index (κ3) is 4.35. The minimum absolute atomic E-state index is 0.0145. The lowest BCUT2D eigenvalue weighted by molar-refractivity contribution is 0.0781. The molecule has 2 N–H and O–H groups in total. The first kappa shape index (κ1) is 23.3. The van der Waals surface area contributed by atoms with E-state index in [9.17, 15) is 9.59 Å². The van der Waals surface area contributed by atoms with E-state index in [0.717, 1.165) is 36.2 Å². The van der Waals surface area contributed by atoms with E-state index in [4.69, 9.17) is 4.42 Å². The second-order valence-corrected chi connectivity index (χ2v) is 9.95. The summed E-state index contributed by atoms with van der Waals surface area (Å²) in [6.07, 6.45) is 0.810. The van der Waals surface area contributed by atoms with Crippen molar-refractivity contribution in [1.82, 2.24) is 24.9 Å². The van der Waals surface area contributed by atoms with Crippen molar-refractivity contribution in [2.75, 3.05) is 32.0 Å². The number of amides is 3. The van der Waals surface area contributed by atoms with Gasteiger partial charge in [0.1, 0.15) is 5.58 Å². The van der Waals surface area contributed by atoms with Gasteiger partial charge < -0.3 is 24.4 Å². The maximum atomic E-state index is 13.8. The summed E-state index contributed by atoms with van der Waals surface area (Å²) in [7, 11) is 2.10. The number of nitrogens with zero attached hydrogens (tertiary/aromatic N) is 4. The number of nitrogens with one attached hydrogen (secondary N) is 2.